The second-order valence-corrected chi connectivity index (χ2v) is 8.84. The highest BCUT2D eigenvalue weighted by Gasteiger charge is 2.40. The van der Waals surface area contributed by atoms with Crippen LogP contribution in [0.2, 0.25) is 0 Å². The van der Waals surface area contributed by atoms with Crippen molar-refractivity contribution in [3.05, 3.63) is 94.8 Å². The summed E-state index contributed by atoms with van der Waals surface area (Å²) in [7, 11) is 0. The lowest BCUT2D eigenvalue weighted by molar-refractivity contribution is 0.493. The Morgan fingerprint density at radius 3 is 1.53 bits per heavy atom. The van der Waals surface area contributed by atoms with Gasteiger partial charge in [-0.25, -0.2) is 0 Å². The molecule has 1 spiro atoms. The average molecular weight is 462 g/mol. The zero-order valence-electron chi connectivity index (χ0n) is 18.0. The highest BCUT2D eigenvalue weighted by molar-refractivity contribution is 5.63. The Balaban J connectivity index is 1.70. The van der Waals surface area contributed by atoms with E-state index in [4.69, 9.17) is 9.97 Å². The van der Waals surface area contributed by atoms with Crippen LogP contribution in [0.4, 0.5) is 17.6 Å². The summed E-state index contributed by atoms with van der Waals surface area (Å²) in [6, 6.07) is 13.2. The second kappa shape index (κ2) is 7.68. The van der Waals surface area contributed by atoms with Gasteiger partial charge >= 0.3 is 0 Å². The molecule has 4 aromatic rings. The molecule has 0 radical (unpaired) electrons. The first-order valence-corrected chi connectivity index (χ1v) is 11.1. The molecule has 1 fully saturated rings. The van der Waals surface area contributed by atoms with E-state index in [2.05, 4.69) is 9.97 Å². The van der Waals surface area contributed by atoms with E-state index >= 15 is 0 Å². The fraction of sp³-hybridized carbons (Fsp3) is 0.231. The lowest BCUT2D eigenvalue weighted by Crippen LogP contribution is -2.27. The summed E-state index contributed by atoms with van der Waals surface area (Å²) in [4.78, 5) is 16.4. The van der Waals surface area contributed by atoms with Gasteiger partial charge in [0.1, 0.15) is 0 Å². The van der Waals surface area contributed by atoms with Gasteiger partial charge in [0.05, 0.1) is 39.3 Å². The third-order valence-electron chi connectivity index (χ3n) is 6.87. The van der Waals surface area contributed by atoms with Gasteiger partial charge in [0.15, 0.2) is 0 Å². The van der Waals surface area contributed by atoms with Crippen LogP contribution < -0.4 is 0 Å². The summed E-state index contributed by atoms with van der Waals surface area (Å²) in [5, 5.41) is 0. The molecule has 0 unspecified atom stereocenters. The van der Waals surface area contributed by atoms with E-state index in [1.807, 2.05) is 12.1 Å². The first-order chi connectivity index (χ1) is 16.4. The predicted molar refractivity (Wildman–Crippen MR) is 117 cm³/mol. The quantitative estimate of drug-likeness (QED) is 0.240. The molecule has 1 aliphatic carbocycles. The molecule has 8 heteroatoms. The number of hydrogen-bond acceptors (Lipinski definition) is 4. The molecule has 1 saturated carbocycles. The minimum Gasteiger partial charge on any atom is -0.252 e. The molecule has 0 atom stereocenters. The SMILES string of the molecule is Fc1nc(F)c2cc1Cc1cc(c(F)nc1F)-c1cccc(n1)C1(CCCC1)c1cccc-2n1. The van der Waals surface area contributed by atoms with Crippen LogP contribution in [0.3, 0.4) is 0 Å². The summed E-state index contributed by atoms with van der Waals surface area (Å²) in [6.07, 6.45) is 3.15. The first-order valence-electron chi connectivity index (χ1n) is 11.1. The third kappa shape index (κ3) is 3.20. The Kier molecular flexibility index (Phi) is 4.72. The predicted octanol–water partition coefficient (Wildman–Crippen LogP) is 5.92. The van der Waals surface area contributed by atoms with Gasteiger partial charge < -0.3 is 0 Å². The maximum absolute atomic E-state index is 14.8. The monoisotopic (exact) mass is 462 g/mol. The van der Waals surface area contributed by atoms with Gasteiger partial charge in [-0.05, 0) is 49.2 Å². The van der Waals surface area contributed by atoms with Crippen LogP contribution in [0.25, 0.3) is 22.5 Å². The molecular formula is C26H18F4N4. The van der Waals surface area contributed by atoms with Gasteiger partial charge in [0.2, 0.25) is 23.8 Å². The highest BCUT2D eigenvalue weighted by Crippen LogP contribution is 2.46. The van der Waals surface area contributed by atoms with Gasteiger partial charge in [0.25, 0.3) is 0 Å². The van der Waals surface area contributed by atoms with Gasteiger partial charge in [-0.15, -0.1) is 0 Å². The van der Waals surface area contributed by atoms with Crippen molar-refractivity contribution >= 4 is 0 Å². The van der Waals surface area contributed by atoms with E-state index in [0.29, 0.717) is 22.8 Å². The first kappa shape index (κ1) is 20.9. The van der Waals surface area contributed by atoms with Gasteiger partial charge in [0, 0.05) is 17.5 Å². The number of halogens is 4. The smallest absolute Gasteiger partial charge is 0.224 e. The van der Waals surface area contributed by atoms with E-state index in [0.717, 1.165) is 25.7 Å². The van der Waals surface area contributed by atoms with E-state index in [1.54, 1.807) is 24.3 Å². The normalized spacial score (nSPS) is 15.9. The molecule has 0 amide bonds. The molecule has 170 valence electrons. The molecule has 0 aromatic carbocycles. The van der Waals surface area contributed by atoms with E-state index < -0.39 is 29.2 Å². The Hall–Kier alpha value is -3.68. The lowest BCUT2D eigenvalue weighted by atomic mass is 9.78. The second-order valence-electron chi connectivity index (χ2n) is 8.84. The van der Waals surface area contributed by atoms with Crippen molar-refractivity contribution < 1.29 is 17.6 Å². The van der Waals surface area contributed by atoms with Crippen LogP contribution in [-0.4, -0.2) is 19.9 Å². The molecule has 6 rings (SSSR count). The van der Waals surface area contributed by atoms with Crippen molar-refractivity contribution in [3.8, 4) is 22.5 Å². The van der Waals surface area contributed by atoms with Crippen molar-refractivity contribution in [2.24, 2.45) is 0 Å². The summed E-state index contributed by atoms with van der Waals surface area (Å²) < 4.78 is 58.8. The summed E-state index contributed by atoms with van der Waals surface area (Å²) >= 11 is 0. The minimum atomic E-state index is -1.07. The molecule has 1 aliphatic heterocycles. The topological polar surface area (TPSA) is 51.6 Å². The van der Waals surface area contributed by atoms with Crippen molar-refractivity contribution in [2.45, 2.75) is 37.5 Å². The fourth-order valence-corrected chi connectivity index (χ4v) is 5.16. The Morgan fingerprint density at radius 2 is 1.06 bits per heavy atom. The number of aromatic nitrogens is 4. The molecular weight excluding hydrogens is 444 g/mol. The molecule has 4 nitrogen and oxygen atoms in total. The van der Waals surface area contributed by atoms with Gasteiger partial charge in [-0.2, -0.15) is 27.5 Å². The minimum absolute atomic E-state index is 0.0147. The Morgan fingerprint density at radius 1 is 0.588 bits per heavy atom. The van der Waals surface area contributed by atoms with Crippen LogP contribution in [0, 0.1) is 23.8 Å². The number of fused-ring (bicyclic) bond motifs is 12. The van der Waals surface area contributed by atoms with Crippen LogP contribution in [0.5, 0.6) is 0 Å². The molecule has 0 saturated heterocycles. The van der Waals surface area contributed by atoms with Crippen LogP contribution in [0.15, 0.2) is 48.5 Å². The van der Waals surface area contributed by atoms with E-state index in [-0.39, 0.29) is 28.7 Å². The highest BCUT2D eigenvalue weighted by atomic mass is 19.1. The van der Waals surface area contributed by atoms with Crippen LogP contribution in [0.1, 0.15) is 48.2 Å². The maximum atomic E-state index is 14.8. The average Bonchev–Trinajstić information content (AvgIpc) is 3.33. The lowest BCUT2D eigenvalue weighted by Gasteiger charge is -2.29. The molecule has 8 bridgehead atoms. The number of nitrogens with zero attached hydrogens (tertiary/aromatic N) is 4. The standard InChI is InChI=1S/C26H18F4N4/c27-22-14-11-15-13-17(25(30)34-23(15)28)19-6-4-8-21(32-19)26(9-1-2-10-26)20-7-3-5-18(31-20)16(12-14)24(29)33-22/h3-8,12-13H,1-2,9-11H2. The fourth-order valence-electron chi connectivity index (χ4n) is 5.16. The molecule has 0 N–H and O–H groups in total. The Labute approximate surface area is 192 Å². The molecule has 34 heavy (non-hydrogen) atoms. The van der Waals surface area contributed by atoms with Crippen molar-refractivity contribution in [1.82, 2.24) is 19.9 Å². The van der Waals surface area contributed by atoms with Gasteiger partial charge in [-0.3, -0.25) is 9.97 Å². The summed E-state index contributed by atoms with van der Waals surface area (Å²) in [5.41, 5.74) is 1.44. The number of rotatable bonds is 0. The summed E-state index contributed by atoms with van der Waals surface area (Å²) in [6.45, 7) is 0. The van der Waals surface area contributed by atoms with E-state index in [1.165, 1.54) is 12.1 Å². The third-order valence-corrected chi connectivity index (χ3v) is 6.87. The number of pyridine rings is 4. The van der Waals surface area contributed by atoms with Crippen molar-refractivity contribution in [3.63, 3.8) is 0 Å². The van der Waals surface area contributed by atoms with Gasteiger partial charge in [-0.1, -0.05) is 25.0 Å². The summed E-state index contributed by atoms with van der Waals surface area (Å²) in [5.74, 6) is -4.14. The number of hydrogen-bond donors (Lipinski definition) is 0. The zero-order valence-corrected chi connectivity index (χ0v) is 18.0. The zero-order chi connectivity index (χ0) is 23.4. The van der Waals surface area contributed by atoms with Crippen molar-refractivity contribution in [1.29, 1.82) is 0 Å². The molecule has 5 heterocycles. The molecule has 4 aromatic heterocycles. The maximum Gasteiger partial charge on any atom is 0.224 e. The van der Waals surface area contributed by atoms with Crippen molar-refractivity contribution in [2.75, 3.05) is 0 Å². The molecule has 2 aliphatic rings. The van der Waals surface area contributed by atoms with E-state index in [9.17, 15) is 17.6 Å². The largest absolute Gasteiger partial charge is 0.252 e. The Bertz CT molecular complexity index is 1340. The van der Waals surface area contributed by atoms with Crippen LogP contribution in [-0.2, 0) is 11.8 Å². The van der Waals surface area contributed by atoms with Crippen LogP contribution >= 0.6 is 0 Å².